The van der Waals surface area contributed by atoms with Gasteiger partial charge in [0, 0.05) is 6.08 Å². The van der Waals surface area contributed by atoms with Crippen molar-refractivity contribution in [3.8, 4) is 23.0 Å². The zero-order valence-corrected chi connectivity index (χ0v) is 30.0. The van der Waals surface area contributed by atoms with Crippen molar-refractivity contribution < 1.29 is 42.8 Å². The maximum atomic E-state index is 12.8. The van der Waals surface area contributed by atoms with Gasteiger partial charge >= 0.3 is 17.9 Å². The van der Waals surface area contributed by atoms with Gasteiger partial charge in [-0.25, -0.2) is 14.4 Å². The fraction of sp³-hybridized carbons (Fsp3) is 0.357. The number of carbonyl (C=O) groups is 3. The summed E-state index contributed by atoms with van der Waals surface area (Å²) in [5.74, 6) is 2.07. The lowest BCUT2D eigenvalue weighted by Crippen LogP contribution is -2.11. The van der Waals surface area contributed by atoms with Crippen molar-refractivity contribution >= 4 is 17.9 Å². The van der Waals surface area contributed by atoms with Crippen molar-refractivity contribution in [3.05, 3.63) is 121 Å². The third kappa shape index (κ3) is 15.0. The number of rotatable bonds is 23. The largest absolute Gasteiger partial charge is 0.494 e. The van der Waals surface area contributed by atoms with E-state index in [2.05, 4.69) is 33.6 Å². The minimum absolute atomic E-state index is 0.327. The minimum atomic E-state index is -0.520. The highest BCUT2D eigenvalue weighted by molar-refractivity contribution is 5.92. The van der Waals surface area contributed by atoms with Gasteiger partial charge in [0.05, 0.1) is 37.6 Å². The minimum Gasteiger partial charge on any atom is -0.494 e. The van der Waals surface area contributed by atoms with E-state index < -0.39 is 17.9 Å². The summed E-state index contributed by atoms with van der Waals surface area (Å²) >= 11 is 0. The van der Waals surface area contributed by atoms with E-state index in [0.29, 0.717) is 83.7 Å². The zero-order chi connectivity index (χ0) is 37.0. The zero-order valence-electron chi connectivity index (χ0n) is 30.0. The van der Waals surface area contributed by atoms with Crippen LogP contribution in [0.1, 0.15) is 78.7 Å². The molecule has 272 valence electrons. The molecular formula is C42H50O9. The molecule has 0 aliphatic carbocycles. The van der Waals surface area contributed by atoms with Gasteiger partial charge in [-0.1, -0.05) is 33.6 Å². The Kier molecular flexibility index (Phi) is 17.1. The van der Waals surface area contributed by atoms with E-state index in [9.17, 15) is 14.4 Å². The monoisotopic (exact) mass is 698 g/mol. The van der Waals surface area contributed by atoms with Crippen LogP contribution in [0.3, 0.4) is 0 Å². The summed E-state index contributed by atoms with van der Waals surface area (Å²) in [5, 5.41) is 0. The molecule has 0 fully saturated rings. The molecule has 0 aliphatic heterocycles. The molecule has 3 rings (SSSR count). The van der Waals surface area contributed by atoms with Gasteiger partial charge in [-0.05, 0) is 136 Å². The van der Waals surface area contributed by atoms with Crippen LogP contribution in [-0.4, -0.2) is 44.3 Å². The van der Waals surface area contributed by atoms with Crippen LogP contribution in [-0.2, 0) is 14.3 Å². The third-order valence-corrected chi connectivity index (χ3v) is 8.11. The highest BCUT2D eigenvalue weighted by Crippen LogP contribution is 2.26. The van der Waals surface area contributed by atoms with Crippen LogP contribution in [0, 0.1) is 18.8 Å². The average Bonchev–Trinajstić information content (AvgIpc) is 3.13. The molecule has 0 spiro atoms. The van der Waals surface area contributed by atoms with Crippen molar-refractivity contribution in [3.63, 3.8) is 0 Å². The number of carbonyl (C=O) groups excluding carboxylic acids is 3. The molecule has 0 heterocycles. The highest BCUT2D eigenvalue weighted by atomic mass is 16.5. The quantitative estimate of drug-likeness (QED) is 0.0239. The van der Waals surface area contributed by atoms with E-state index in [0.717, 1.165) is 44.6 Å². The number of hydrogen-bond acceptors (Lipinski definition) is 9. The van der Waals surface area contributed by atoms with Crippen molar-refractivity contribution in [2.75, 3.05) is 26.4 Å². The first-order chi connectivity index (χ1) is 24.6. The summed E-state index contributed by atoms with van der Waals surface area (Å²) in [5.41, 5.74) is 1.39. The van der Waals surface area contributed by atoms with Crippen molar-refractivity contribution in [1.82, 2.24) is 0 Å². The van der Waals surface area contributed by atoms with Crippen molar-refractivity contribution in [1.29, 1.82) is 0 Å². The van der Waals surface area contributed by atoms with Crippen LogP contribution in [0.25, 0.3) is 0 Å². The van der Waals surface area contributed by atoms with Gasteiger partial charge in [0.25, 0.3) is 0 Å². The van der Waals surface area contributed by atoms with Crippen molar-refractivity contribution in [2.24, 2.45) is 11.8 Å². The Morgan fingerprint density at radius 2 is 1.12 bits per heavy atom. The maximum absolute atomic E-state index is 12.8. The Bertz CT molecular complexity index is 1590. The predicted octanol–water partition coefficient (Wildman–Crippen LogP) is 9.25. The predicted molar refractivity (Wildman–Crippen MR) is 197 cm³/mol. The van der Waals surface area contributed by atoms with E-state index >= 15 is 0 Å². The standard InChI is InChI=1S/C42H50O9/c1-7-33(6)46-25-9-11-30(3)23-27-48-37-19-15-35(16-20-37)42(45)51-39-22-21-38(29-32(39)5)50-41(44)34-13-17-36(18-14-34)47-28-24-31(4)12-10-26-49-40(43)8-2/h7-8,13-22,29-31H,1-2,6,9-12,23-28H2,3-5H3. The van der Waals surface area contributed by atoms with Gasteiger partial charge in [-0.3, -0.25) is 0 Å². The molecule has 0 bridgehead atoms. The summed E-state index contributed by atoms with van der Waals surface area (Å²) in [6, 6.07) is 18.4. The van der Waals surface area contributed by atoms with Gasteiger partial charge in [-0.2, -0.15) is 0 Å². The first-order valence-electron chi connectivity index (χ1n) is 17.3. The lowest BCUT2D eigenvalue weighted by atomic mass is 10.0. The second-order valence-electron chi connectivity index (χ2n) is 12.4. The second-order valence-corrected chi connectivity index (χ2v) is 12.4. The molecule has 9 heteroatoms. The summed E-state index contributed by atoms with van der Waals surface area (Å²) in [6.45, 7) is 18.9. The molecule has 3 aromatic carbocycles. The summed E-state index contributed by atoms with van der Waals surface area (Å²) in [7, 11) is 0. The van der Waals surface area contributed by atoms with Gasteiger partial charge in [0.2, 0.25) is 0 Å². The summed E-state index contributed by atoms with van der Waals surface area (Å²) < 4.78 is 33.3. The van der Waals surface area contributed by atoms with Gasteiger partial charge in [-0.15, -0.1) is 0 Å². The lowest BCUT2D eigenvalue weighted by molar-refractivity contribution is -0.137. The van der Waals surface area contributed by atoms with Crippen molar-refractivity contribution in [2.45, 2.75) is 59.3 Å². The number of benzene rings is 3. The second kappa shape index (κ2) is 21.7. The number of allylic oxidation sites excluding steroid dienone is 1. The van der Waals surface area contributed by atoms with E-state index in [1.165, 1.54) is 0 Å². The maximum Gasteiger partial charge on any atom is 0.343 e. The van der Waals surface area contributed by atoms with Crippen LogP contribution >= 0.6 is 0 Å². The molecule has 0 N–H and O–H groups in total. The Labute approximate surface area is 301 Å². The van der Waals surface area contributed by atoms with E-state index in [1.54, 1.807) is 79.7 Å². The normalized spacial score (nSPS) is 11.7. The molecule has 51 heavy (non-hydrogen) atoms. The van der Waals surface area contributed by atoms with Crippen LogP contribution in [0.5, 0.6) is 23.0 Å². The Hall–Kier alpha value is -5.31. The SMILES string of the molecule is C=CC(=C)OCCCC(C)CCOc1ccc(C(=O)Oc2ccc(OC(=O)c3ccc(OCCC(C)CCCOC(=O)C=C)cc3)cc2C)cc1. The Morgan fingerprint density at radius 3 is 1.61 bits per heavy atom. The number of ether oxygens (including phenoxy) is 6. The van der Waals surface area contributed by atoms with E-state index in [-0.39, 0.29) is 0 Å². The van der Waals surface area contributed by atoms with Gasteiger partial charge in [0.1, 0.15) is 28.8 Å². The summed E-state index contributed by atoms with van der Waals surface area (Å²) in [6.07, 6.45) is 8.16. The van der Waals surface area contributed by atoms with Gasteiger partial charge < -0.3 is 28.4 Å². The molecule has 3 aromatic rings. The smallest absolute Gasteiger partial charge is 0.343 e. The topological polar surface area (TPSA) is 107 Å². The molecule has 2 unspecified atom stereocenters. The Morgan fingerprint density at radius 1 is 0.627 bits per heavy atom. The van der Waals surface area contributed by atoms with E-state index in [1.807, 2.05) is 0 Å². The van der Waals surface area contributed by atoms with Gasteiger partial charge in [0.15, 0.2) is 0 Å². The molecule has 0 radical (unpaired) electrons. The fourth-order valence-electron chi connectivity index (χ4n) is 4.90. The highest BCUT2D eigenvalue weighted by Gasteiger charge is 2.14. The molecule has 9 nitrogen and oxygen atoms in total. The Balaban J connectivity index is 1.38. The number of aryl methyl sites for hydroxylation is 1. The average molecular weight is 699 g/mol. The van der Waals surface area contributed by atoms with Crippen LogP contribution < -0.4 is 18.9 Å². The fourth-order valence-corrected chi connectivity index (χ4v) is 4.90. The molecule has 0 saturated carbocycles. The molecule has 2 atom stereocenters. The third-order valence-electron chi connectivity index (χ3n) is 8.11. The number of esters is 3. The lowest BCUT2D eigenvalue weighted by Gasteiger charge is -2.13. The van der Waals surface area contributed by atoms with E-state index in [4.69, 9.17) is 28.4 Å². The summed E-state index contributed by atoms with van der Waals surface area (Å²) in [4.78, 5) is 36.7. The number of hydrogen-bond donors (Lipinski definition) is 0. The molecule has 0 aliphatic rings. The van der Waals surface area contributed by atoms with Crippen LogP contribution in [0.4, 0.5) is 0 Å². The first-order valence-corrected chi connectivity index (χ1v) is 17.3. The van der Waals surface area contributed by atoms with Crippen LogP contribution in [0.15, 0.2) is 104 Å². The molecule has 0 saturated heterocycles. The molecular weight excluding hydrogens is 648 g/mol. The molecule has 0 aromatic heterocycles. The first kappa shape index (κ1) is 40.1. The van der Waals surface area contributed by atoms with Crippen LogP contribution in [0.2, 0.25) is 0 Å². The molecule has 0 amide bonds.